The topological polar surface area (TPSA) is 99.1 Å². The summed E-state index contributed by atoms with van der Waals surface area (Å²) in [6.45, 7) is 0.152. The first-order valence-corrected chi connectivity index (χ1v) is 6.73. The van der Waals surface area contributed by atoms with Crippen molar-refractivity contribution in [3.63, 3.8) is 0 Å². The maximum atomic E-state index is 11.4. The second kappa shape index (κ2) is 4.27. The van der Waals surface area contributed by atoms with Crippen LogP contribution >= 0.6 is 0 Å². The van der Waals surface area contributed by atoms with Crippen molar-refractivity contribution in [2.24, 2.45) is 5.73 Å². The van der Waals surface area contributed by atoms with Crippen molar-refractivity contribution < 1.29 is 12.8 Å². The minimum atomic E-state index is -3.25. The second-order valence-corrected chi connectivity index (χ2v) is 5.52. The number of sulfone groups is 1. The zero-order chi connectivity index (χ0) is 12.5. The van der Waals surface area contributed by atoms with E-state index < -0.39 is 9.84 Å². The third-order valence-electron chi connectivity index (χ3n) is 2.15. The Morgan fingerprint density at radius 1 is 1.35 bits per heavy atom. The molecule has 0 aliphatic carbocycles. The van der Waals surface area contributed by atoms with Crippen molar-refractivity contribution in [3.05, 3.63) is 30.2 Å². The fourth-order valence-electron chi connectivity index (χ4n) is 1.31. The van der Waals surface area contributed by atoms with Gasteiger partial charge in [-0.1, -0.05) is 6.07 Å². The van der Waals surface area contributed by atoms with Gasteiger partial charge in [-0.05, 0) is 18.2 Å². The molecule has 90 valence electrons. The van der Waals surface area contributed by atoms with Crippen molar-refractivity contribution >= 4 is 9.84 Å². The fraction of sp³-hybridized carbons (Fsp3) is 0.200. The average molecular weight is 253 g/mol. The van der Waals surface area contributed by atoms with Crippen LogP contribution in [0, 0.1) is 0 Å². The third kappa shape index (κ3) is 2.51. The van der Waals surface area contributed by atoms with E-state index in [4.69, 9.17) is 10.2 Å². The Morgan fingerprint density at radius 3 is 2.71 bits per heavy atom. The van der Waals surface area contributed by atoms with E-state index in [0.29, 0.717) is 11.5 Å². The molecule has 6 nitrogen and oxygen atoms in total. The van der Waals surface area contributed by atoms with Gasteiger partial charge in [0.05, 0.1) is 11.4 Å². The minimum Gasteiger partial charge on any atom is -0.419 e. The molecule has 0 fully saturated rings. The van der Waals surface area contributed by atoms with Crippen LogP contribution in [0.25, 0.3) is 11.5 Å². The molecule has 0 bridgehead atoms. The zero-order valence-corrected chi connectivity index (χ0v) is 9.94. The SMILES string of the molecule is CS(=O)(=O)c1cccc(-c2nnc(CN)o2)c1. The molecule has 0 amide bonds. The van der Waals surface area contributed by atoms with Gasteiger partial charge in [-0.15, -0.1) is 10.2 Å². The Morgan fingerprint density at radius 2 is 2.12 bits per heavy atom. The summed E-state index contributed by atoms with van der Waals surface area (Å²) in [7, 11) is -3.25. The van der Waals surface area contributed by atoms with E-state index in [1.54, 1.807) is 12.1 Å². The average Bonchev–Trinajstić information content (AvgIpc) is 2.76. The summed E-state index contributed by atoms with van der Waals surface area (Å²) in [5.74, 6) is 0.570. The van der Waals surface area contributed by atoms with Gasteiger partial charge in [0.15, 0.2) is 9.84 Å². The lowest BCUT2D eigenvalue weighted by atomic mass is 10.2. The Bertz CT molecular complexity index is 634. The Hall–Kier alpha value is -1.73. The summed E-state index contributed by atoms with van der Waals surface area (Å²) in [6, 6.07) is 6.32. The highest BCUT2D eigenvalue weighted by molar-refractivity contribution is 7.90. The molecule has 1 aromatic carbocycles. The van der Waals surface area contributed by atoms with Crippen LogP contribution in [0.3, 0.4) is 0 Å². The van der Waals surface area contributed by atoms with E-state index in [0.717, 1.165) is 6.26 Å². The summed E-state index contributed by atoms with van der Waals surface area (Å²) < 4.78 is 28.0. The predicted octanol–water partition coefficient (Wildman–Crippen LogP) is 0.599. The summed E-state index contributed by atoms with van der Waals surface area (Å²) in [4.78, 5) is 0.211. The van der Waals surface area contributed by atoms with E-state index in [-0.39, 0.29) is 17.3 Å². The molecule has 0 aliphatic rings. The summed E-state index contributed by atoms with van der Waals surface area (Å²) >= 11 is 0. The quantitative estimate of drug-likeness (QED) is 0.859. The Balaban J connectivity index is 2.46. The van der Waals surface area contributed by atoms with Crippen molar-refractivity contribution in [3.8, 4) is 11.5 Å². The maximum Gasteiger partial charge on any atom is 0.247 e. The first-order chi connectivity index (χ1) is 8.00. The lowest BCUT2D eigenvalue weighted by molar-refractivity contribution is 0.508. The van der Waals surface area contributed by atoms with Crippen LogP contribution in [0.4, 0.5) is 0 Å². The molecule has 0 atom stereocenters. The first kappa shape index (κ1) is 11.7. The van der Waals surface area contributed by atoms with Gasteiger partial charge < -0.3 is 10.2 Å². The number of aromatic nitrogens is 2. The molecule has 1 heterocycles. The lowest BCUT2D eigenvalue weighted by Crippen LogP contribution is -1.96. The molecule has 2 N–H and O–H groups in total. The number of nitrogens with two attached hydrogens (primary N) is 1. The van der Waals surface area contributed by atoms with E-state index in [2.05, 4.69) is 10.2 Å². The maximum absolute atomic E-state index is 11.4. The molecule has 2 aromatic rings. The predicted molar refractivity (Wildman–Crippen MR) is 60.7 cm³/mol. The largest absolute Gasteiger partial charge is 0.419 e. The Labute approximate surface area is 98.4 Å². The first-order valence-electron chi connectivity index (χ1n) is 4.83. The molecule has 0 saturated carbocycles. The van der Waals surface area contributed by atoms with Gasteiger partial charge in [0.2, 0.25) is 11.8 Å². The Kier molecular flexibility index (Phi) is 2.95. The number of hydrogen-bond donors (Lipinski definition) is 1. The van der Waals surface area contributed by atoms with Gasteiger partial charge in [-0.25, -0.2) is 8.42 Å². The second-order valence-electron chi connectivity index (χ2n) is 3.51. The molecule has 2 rings (SSSR count). The molecular formula is C10H11N3O3S. The van der Waals surface area contributed by atoms with Crippen molar-refractivity contribution in [1.29, 1.82) is 0 Å². The number of rotatable bonds is 3. The molecule has 1 aromatic heterocycles. The smallest absolute Gasteiger partial charge is 0.247 e. The van der Waals surface area contributed by atoms with Gasteiger partial charge in [0, 0.05) is 11.8 Å². The fourth-order valence-corrected chi connectivity index (χ4v) is 1.98. The molecule has 0 radical (unpaired) electrons. The zero-order valence-electron chi connectivity index (χ0n) is 9.12. The van der Waals surface area contributed by atoms with Gasteiger partial charge in [-0.3, -0.25) is 0 Å². The van der Waals surface area contributed by atoms with E-state index in [1.807, 2.05) is 0 Å². The van der Waals surface area contributed by atoms with Gasteiger partial charge in [0.25, 0.3) is 0 Å². The van der Waals surface area contributed by atoms with E-state index in [1.165, 1.54) is 12.1 Å². The van der Waals surface area contributed by atoms with Crippen LogP contribution in [-0.4, -0.2) is 24.9 Å². The standard InChI is InChI=1S/C10H11N3O3S/c1-17(14,15)8-4-2-3-7(5-8)10-13-12-9(6-11)16-10/h2-5H,6,11H2,1H3. The van der Waals surface area contributed by atoms with E-state index in [9.17, 15) is 8.42 Å². The molecule has 0 spiro atoms. The number of benzene rings is 1. The van der Waals surface area contributed by atoms with E-state index >= 15 is 0 Å². The van der Waals surface area contributed by atoms with Crippen LogP contribution in [0.15, 0.2) is 33.6 Å². The third-order valence-corrected chi connectivity index (χ3v) is 3.26. The van der Waals surface area contributed by atoms with Gasteiger partial charge >= 0.3 is 0 Å². The van der Waals surface area contributed by atoms with Crippen LogP contribution in [0.2, 0.25) is 0 Å². The number of hydrogen-bond acceptors (Lipinski definition) is 6. The van der Waals surface area contributed by atoms with Crippen LogP contribution in [0.1, 0.15) is 5.89 Å². The summed E-state index contributed by atoms with van der Waals surface area (Å²) in [5, 5.41) is 7.50. The molecule has 0 aliphatic heterocycles. The molecular weight excluding hydrogens is 242 g/mol. The highest BCUT2D eigenvalue weighted by atomic mass is 32.2. The van der Waals surface area contributed by atoms with Crippen molar-refractivity contribution in [2.75, 3.05) is 6.26 Å². The van der Waals surface area contributed by atoms with Gasteiger partial charge in [0.1, 0.15) is 0 Å². The van der Waals surface area contributed by atoms with Crippen LogP contribution in [-0.2, 0) is 16.4 Å². The van der Waals surface area contributed by atoms with Crippen LogP contribution in [0.5, 0.6) is 0 Å². The molecule has 0 unspecified atom stereocenters. The highest BCUT2D eigenvalue weighted by Crippen LogP contribution is 2.21. The lowest BCUT2D eigenvalue weighted by Gasteiger charge is -1.99. The normalized spacial score (nSPS) is 11.6. The molecule has 0 saturated heterocycles. The van der Waals surface area contributed by atoms with Gasteiger partial charge in [-0.2, -0.15) is 0 Å². The van der Waals surface area contributed by atoms with Crippen molar-refractivity contribution in [1.82, 2.24) is 10.2 Å². The minimum absolute atomic E-state index is 0.152. The monoisotopic (exact) mass is 253 g/mol. The summed E-state index contributed by atoms with van der Waals surface area (Å²) in [5.41, 5.74) is 5.90. The van der Waals surface area contributed by atoms with Crippen LogP contribution < -0.4 is 5.73 Å². The number of nitrogens with zero attached hydrogens (tertiary/aromatic N) is 2. The summed E-state index contributed by atoms with van der Waals surface area (Å²) in [6.07, 6.45) is 1.14. The highest BCUT2D eigenvalue weighted by Gasteiger charge is 2.11. The molecule has 17 heavy (non-hydrogen) atoms. The van der Waals surface area contributed by atoms with Crippen molar-refractivity contribution in [2.45, 2.75) is 11.4 Å². The molecule has 7 heteroatoms.